The first-order valence-electron chi connectivity index (χ1n) is 5.20. The molecule has 0 fully saturated rings. The van der Waals surface area contributed by atoms with Crippen molar-refractivity contribution < 1.29 is 0 Å². The molecule has 0 unspecified atom stereocenters. The second-order valence-electron chi connectivity index (χ2n) is 3.72. The number of para-hydroxylation sites is 1. The number of nitrogens with zero attached hydrogens (tertiary/aromatic N) is 3. The van der Waals surface area contributed by atoms with Crippen LogP contribution in [0, 0.1) is 23.7 Å². The van der Waals surface area contributed by atoms with Gasteiger partial charge in [0.2, 0.25) is 0 Å². The summed E-state index contributed by atoms with van der Waals surface area (Å²) in [6.45, 7) is 0.431. The Morgan fingerprint density at radius 2 is 2.18 bits per heavy atom. The van der Waals surface area contributed by atoms with Crippen molar-refractivity contribution in [1.29, 1.82) is 5.26 Å². The van der Waals surface area contributed by atoms with E-state index in [1.54, 1.807) is 4.90 Å². The van der Waals surface area contributed by atoms with Crippen molar-refractivity contribution in [3.05, 3.63) is 35.9 Å². The van der Waals surface area contributed by atoms with Crippen molar-refractivity contribution in [2.75, 3.05) is 18.5 Å². The summed E-state index contributed by atoms with van der Waals surface area (Å²) in [5, 5.41) is 10.1. The van der Waals surface area contributed by atoms with Gasteiger partial charge in [-0.2, -0.15) is 5.26 Å². The molecule has 1 aromatic heterocycles. The zero-order valence-electron chi connectivity index (χ0n) is 9.51. The van der Waals surface area contributed by atoms with Gasteiger partial charge in [-0.05, 0) is 12.1 Å². The molecule has 3 nitrogen and oxygen atoms in total. The third-order valence-electron chi connectivity index (χ3n) is 2.51. The maximum absolute atomic E-state index is 9.13. The minimum absolute atomic E-state index is 0.431. The molecule has 0 radical (unpaired) electrons. The zero-order chi connectivity index (χ0) is 12.3. The predicted molar refractivity (Wildman–Crippen MR) is 68.6 cm³/mol. The molecule has 2 rings (SSSR count). The van der Waals surface area contributed by atoms with Gasteiger partial charge in [-0.15, -0.1) is 6.42 Å². The Balaban J connectivity index is 2.62. The molecule has 0 aliphatic heterocycles. The average molecular weight is 221 g/mol. The van der Waals surface area contributed by atoms with E-state index >= 15 is 0 Å². The lowest BCUT2D eigenvalue weighted by Gasteiger charge is -2.16. The number of rotatable bonds is 2. The summed E-state index contributed by atoms with van der Waals surface area (Å²) in [6.07, 6.45) is 5.27. The highest BCUT2D eigenvalue weighted by atomic mass is 15.2. The molecule has 17 heavy (non-hydrogen) atoms. The van der Waals surface area contributed by atoms with Crippen molar-refractivity contribution in [2.45, 2.75) is 0 Å². The van der Waals surface area contributed by atoms with Gasteiger partial charge in [-0.1, -0.05) is 24.1 Å². The highest BCUT2D eigenvalue weighted by Crippen LogP contribution is 2.21. The van der Waals surface area contributed by atoms with Crippen molar-refractivity contribution in [3.63, 3.8) is 0 Å². The molecule has 2 aromatic rings. The largest absolute Gasteiger partial charge is 0.347 e. The number of nitriles is 1. The molecule has 82 valence electrons. The molecule has 0 aliphatic carbocycles. The Bertz CT molecular complexity index is 632. The maximum Gasteiger partial charge on any atom is 0.147 e. The number of hydrogen-bond donors (Lipinski definition) is 0. The zero-order valence-corrected chi connectivity index (χ0v) is 9.51. The van der Waals surface area contributed by atoms with Crippen LogP contribution < -0.4 is 4.90 Å². The molecule has 3 heteroatoms. The summed E-state index contributed by atoms with van der Waals surface area (Å²) in [7, 11) is 1.83. The number of aromatic nitrogens is 1. The second kappa shape index (κ2) is 4.55. The summed E-state index contributed by atoms with van der Waals surface area (Å²) in [4.78, 5) is 6.27. The van der Waals surface area contributed by atoms with Crippen molar-refractivity contribution in [3.8, 4) is 18.4 Å². The number of fused-ring (bicyclic) bond motifs is 1. The van der Waals surface area contributed by atoms with E-state index in [4.69, 9.17) is 11.7 Å². The average Bonchev–Trinajstić information content (AvgIpc) is 2.37. The number of benzene rings is 1. The van der Waals surface area contributed by atoms with Crippen molar-refractivity contribution in [2.24, 2.45) is 0 Å². The standard InChI is InChI=1S/C14H11N3/c1-3-8-17(2)14-12(10-15)9-11-6-4-5-7-13(11)16-14/h1,4-7,9H,8H2,2H3. The van der Waals surface area contributed by atoms with Gasteiger partial charge in [-0.25, -0.2) is 4.98 Å². The monoisotopic (exact) mass is 221 g/mol. The fraction of sp³-hybridized carbons (Fsp3) is 0.143. The molecular formula is C14H11N3. The maximum atomic E-state index is 9.13. The Morgan fingerprint density at radius 3 is 2.88 bits per heavy atom. The van der Waals surface area contributed by atoms with E-state index in [9.17, 15) is 0 Å². The fourth-order valence-electron chi connectivity index (χ4n) is 1.69. The summed E-state index contributed by atoms with van der Waals surface area (Å²) >= 11 is 0. The number of anilines is 1. The molecule has 0 bridgehead atoms. The number of pyridine rings is 1. The van der Waals surface area contributed by atoms with Gasteiger partial charge in [0, 0.05) is 12.4 Å². The smallest absolute Gasteiger partial charge is 0.147 e. The summed E-state index contributed by atoms with van der Waals surface area (Å²) < 4.78 is 0. The van der Waals surface area contributed by atoms with Gasteiger partial charge in [0.05, 0.1) is 17.6 Å². The van der Waals surface area contributed by atoms with E-state index in [2.05, 4.69) is 17.0 Å². The predicted octanol–water partition coefficient (Wildman–Crippen LogP) is 2.18. The van der Waals surface area contributed by atoms with Crippen LogP contribution in [0.5, 0.6) is 0 Å². The van der Waals surface area contributed by atoms with E-state index in [1.807, 2.05) is 37.4 Å². The highest BCUT2D eigenvalue weighted by molar-refractivity contribution is 5.83. The molecule has 0 atom stereocenters. The first kappa shape index (κ1) is 11.0. The Hall–Kier alpha value is -2.52. The molecule has 1 aromatic carbocycles. The molecule has 0 aliphatic rings. The van der Waals surface area contributed by atoms with E-state index in [0.717, 1.165) is 10.9 Å². The van der Waals surface area contributed by atoms with Gasteiger partial charge in [-0.3, -0.25) is 0 Å². The Kier molecular flexibility index (Phi) is 2.94. The lowest BCUT2D eigenvalue weighted by atomic mass is 10.1. The lowest BCUT2D eigenvalue weighted by molar-refractivity contribution is 1.01. The topological polar surface area (TPSA) is 39.9 Å². The lowest BCUT2D eigenvalue weighted by Crippen LogP contribution is -2.19. The van der Waals surface area contributed by atoms with Gasteiger partial charge in [0.15, 0.2) is 0 Å². The van der Waals surface area contributed by atoms with Crippen molar-refractivity contribution in [1.82, 2.24) is 4.98 Å². The van der Waals surface area contributed by atoms with E-state index in [1.165, 1.54) is 0 Å². The summed E-state index contributed by atoms with van der Waals surface area (Å²) in [5.41, 5.74) is 1.41. The van der Waals surface area contributed by atoms with Crippen LogP contribution in [0.4, 0.5) is 5.82 Å². The summed E-state index contributed by atoms with van der Waals surface area (Å²) in [5.74, 6) is 3.17. The second-order valence-corrected chi connectivity index (χ2v) is 3.72. The van der Waals surface area contributed by atoms with Crippen LogP contribution in [0.3, 0.4) is 0 Å². The molecule has 0 saturated heterocycles. The van der Waals surface area contributed by atoms with Gasteiger partial charge in [0.1, 0.15) is 11.9 Å². The fourth-order valence-corrected chi connectivity index (χ4v) is 1.69. The van der Waals surface area contributed by atoms with Crippen LogP contribution in [0.1, 0.15) is 5.56 Å². The highest BCUT2D eigenvalue weighted by Gasteiger charge is 2.09. The van der Waals surface area contributed by atoms with Gasteiger partial charge in [0.25, 0.3) is 0 Å². The van der Waals surface area contributed by atoms with Gasteiger partial charge >= 0.3 is 0 Å². The third-order valence-corrected chi connectivity index (χ3v) is 2.51. The van der Waals surface area contributed by atoms with Crippen molar-refractivity contribution >= 4 is 16.7 Å². The Labute approximate surface area is 100 Å². The van der Waals surface area contributed by atoms with Crippen LogP contribution in [0.2, 0.25) is 0 Å². The minimum Gasteiger partial charge on any atom is -0.347 e. The minimum atomic E-state index is 0.431. The Morgan fingerprint density at radius 1 is 1.41 bits per heavy atom. The first-order chi connectivity index (χ1) is 8.26. The third kappa shape index (κ3) is 2.04. The normalized spacial score (nSPS) is 9.59. The summed E-state index contributed by atoms with van der Waals surface area (Å²) in [6, 6.07) is 11.7. The first-order valence-corrected chi connectivity index (χ1v) is 5.20. The van der Waals surface area contributed by atoms with Crippen LogP contribution in [0.15, 0.2) is 30.3 Å². The molecular weight excluding hydrogens is 210 g/mol. The molecule has 1 heterocycles. The van der Waals surface area contributed by atoms with Crippen LogP contribution in [-0.4, -0.2) is 18.6 Å². The van der Waals surface area contributed by atoms with Gasteiger partial charge < -0.3 is 4.90 Å². The van der Waals surface area contributed by atoms with E-state index in [-0.39, 0.29) is 0 Å². The molecule has 0 N–H and O–H groups in total. The van der Waals surface area contributed by atoms with Crippen LogP contribution in [-0.2, 0) is 0 Å². The van der Waals surface area contributed by atoms with Crippen LogP contribution >= 0.6 is 0 Å². The molecule has 0 spiro atoms. The quantitative estimate of drug-likeness (QED) is 0.730. The number of hydrogen-bond acceptors (Lipinski definition) is 3. The molecule has 0 saturated carbocycles. The van der Waals surface area contributed by atoms with E-state index in [0.29, 0.717) is 17.9 Å². The van der Waals surface area contributed by atoms with Crippen LogP contribution in [0.25, 0.3) is 10.9 Å². The van der Waals surface area contributed by atoms with E-state index < -0.39 is 0 Å². The SMILES string of the molecule is C#CCN(C)c1nc2ccccc2cc1C#N. The number of terminal acetylenes is 1. The molecule has 0 amide bonds.